The predicted octanol–water partition coefficient (Wildman–Crippen LogP) is 5.50. The van der Waals surface area contributed by atoms with Crippen LogP contribution in [-0.4, -0.2) is 35.3 Å². The lowest BCUT2D eigenvalue weighted by atomic mass is 10.1. The first kappa shape index (κ1) is 24.5. The molecular formula is C27H31N3O5. The van der Waals surface area contributed by atoms with Crippen LogP contribution >= 0.6 is 0 Å². The zero-order valence-electron chi connectivity index (χ0n) is 20.6. The Hall–Kier alpha value is -3.65. The first-order valence-corrected chi connectivity index (χ1v) is 11.7. The largest absolute Gasteiger partial charge is 0.491 e. The van der Waals surface area contributed by atoms with Gasteiger partial charge in [-0.25, -0.2) is 4.79 Å². The highest BCUT2D eigenvalue weighted by Crippen LogP contribution is 2.35. The van der Waals surface area contributed by atoms with Crippen LogP contribution in [0.1, 0.15) is 49.5 Å². The molecule has 1 aliphatic carbocycles. The fourth-order valence-corrected chi connectivity index (χ4v) is 3.30. The minimum Gasteiger partial charge on any atom is -0.491 e. The molecule has 35 heavy (non-hydrogen) atoms. The van der Waals surface area contributed by atoms with Crippen molar-refractivity contribution in [2.75, 3.05) is 18.6 Å². The number of methoxy groups -OCH3 is 1. The van der Waals surface area contributed by atoms with Gasteiger partial charge < -0.3 is 14.4 Å². The number of pyridine rings is 2. The highest BCUT2D eigenvalue weighted by molar-refractivity contribution is 5.90. The molecule has 0 unspecified atom stereocenters. The molecule has 0 saturated heterocycles. The quantitative estimate of drug-likeness (QED) is 0.280. The van der Waals surface area contributed by atoms with E-state index in [1.54, 1.807) is 37.7 Å². The molecule has 0 aliphatic heterocycles. The molecule has 1 aliphatic rings. The van der Waals surface area contributed by atoms with Gasteiger partial charge in [0, 0.05) is 18.1 Å². The van der Waals surface area contributed by atoms with Crippen LogP contribution in [0.15, 0.2) is 60.9 Å². The number of ether oxygens (including phenoxy) is 2. The van der Waals surface area contributed by atoms with Gasteiger partial charge in [0.2, 0.25) is 0 Å². The van der Waals surface area contributed by atoms with E-state index in [0.29, 0.717) is 42.1 Å². The van der Waals surface area contributed by atoms with Crippen molar-refractivity contribution in [1.29, 1.82) is 0 Å². The van der Waals surface area contributed by atoms with Gasteiger partial charge in [0.05, 0.1) is 25.8 Å². The van der Waals surface area contributed by atoms with Gasteiger partial charge in [0.15, 0.2) is 5.75 Å². The minimum absolute atomic E-state index is 0.363. The number of benzene rings is 1. The molecule has 2 heterocycles. The van der Waals surface area contributed by atoms with Crippen LogP contribution < -0.4 is 14.4 Å². The molecule has 8 heteroatoms. The number of nitrogens with zero attached hydrogens (tertiary/aromatic N) is 3. The monoisotopic (exact) mass is 477 g/mol. The molecule has 3 aromatic rings. The Morgan fingerprint density at radius 3 is 2.63 bits per heavy atom. The average molecular weight is 478 g/mol. The van der Waals surface area contributed by atoms with E-state index in [9.17, 15) is 4.79 Å². The standard InChI is InChI=1S/C27H31N3O5/c1-27(2,3)35-34-26(31)21-8-5-9-22(15-21)30(17-20-7-6-14-28-16-20)24-13-12-23(32-4)25(29-24)33-18-19-10-11-19/h5-9,12-16,19H,10-11,17-18H2,1-4H3. The van der Waals surface area contributed by atoms with Crippen molar-refractivity contribution in [3.8, 4) is 11.6 Å². The van der Waals surface area contributed by atoms with E-state index < -0.39 is 11.6 Å². The molecule has 8 nitrogen and oxygen atoms in total. The van der Waals surface area contributed by atoms with Crippen LogP contribution in [0.4, 0.5) is 11.5 Å². The lowest BCUT2D eigenvalue weighted by molar-refractivity contribution is -0.301. The number of anilines is 2. The summed E-state index contributed by atoms with van der Waals surface area (Å²) in [7, 11) is 1.60. The highest BCUT2D eigenvalue weighted by Gasteiger charge is 2.24. The van der Waals surface area contributed by atoms with Crippen molar-refractivity contribution >= 4 is 17.5 Å². The van der Waals surface area contributed by atoms with E-state index in [0.717, 1.165) is 11.3 Å². The van der Waals surface area contributed by atoms with Gasteiger partial charge in [-0.1, -0.05) is 12.1 Å². The molecule has 0 radical (unpaired) electrons. The fraction of sp³-hybridized carbons (Fsp3) is 0.370. The highest BCUT2D eigenvalue weighted by atomic mass is 17.2. The second-order valence-corrected chi connectivity index (χ2v) is 9.50. The summed E-state index contributed by atoms with van der Waals surface area (Å²) in [6, 6.07) is 14.7. The van der Waals surface area contributed by atoms with Gasteiger partial charge in [-0.05, 0) is 81.5 Å². The van der Waals surface area contributed by atoms with Gasteiger partial charge in [0.1, 0.15) is 11.4 Å². The molecule has 1 fully saturated rings. The molecule has 1 saturated carbocycles. The maximum atomic E-state index is 12.6. The Bertz CT molecular complexity index is 1140. The SMILES string of the molecule is COc1ccc(N(Cc2cccnc2)c2cccc(C(=O)OOC(C)(C)C)c2)nc1OCC1CC1. The van der Waals surface area contributed by atoms with Gasteiger partial charge in [-0.3, -0.25) is 9.87 Å². The van der Waals surface area contributed by atoms with Gasteiger partial charge >= 0.3 is 5.97 Å². The van der Waals surface area contributed by atoms with Crippen molar-refractivity contribution in [2.45, 2.75) is 45.8 Å². The Labute approximate surface area is 205 Å². The smallest absolute Gasteiger partial charge is 0.373 e. The summed E-state index contributed by atoms with van der Waals surface area (Å²) in [4.78, 5) is 33.9. The van der Waals surface area contributed by atoms with Crippen molar-refractivity contribution in [3.05, 3.63) is 72.1 Å². The van der Waals surface area contributed by atoms with Crippen LogP contribution in [0.3, 0.4) is 0 Å². The number of carbonyl (C=O) groups is 1. The van der Waals surface area contributed by atoms with Crippen LogP contribution in [0, 0.1) is 5.92 Å². The third kappa shape index (κ3) is 6.93. The average Bonchev–Trinajstić information content (AvgIpc) is 3.69. The molecule has 0 bridgehead atoms. The van der Waals surface area contributed by atoms with Gasteiger partial charge in [0.25, 0.3) is 5.88 Å². The third-order valence-electron chi connectivity index (χ3n) is 5.28. The molecule has 0 spiro atoms. The summed E-state index contributed by atoms with van der Waals surface area (Å²) in [5.41, 5.74) is 1.49. The molecule has 4 rings (SSSR count). The van der Waals surface area contributed by atoms with Crippen LogP contribution in [0.5, 0.6) is 11.6 Å². The summed E-state index contributed by atoms with van der Waals surface area (Å²) in [6.07, 6.45) is 5.89. The maximum Gasteiger partial charge on any atom is 0.373 e. The van der Waals surface area contributed by atoms with Crippen molar-refractivity contribution in [3.63, 3.8) is 0 Å². The molecule has 0 amide bonds. The first-order valence-electron chi connectivity index (χ1n) is 11.7. The van der Waals surface area contributed by atoms with Crippen molar-refractivity contribution in [1.82, 2.24) is 9.97 Å². The summed E-state index contributed by atoms with van der Waals surface area (Å²) in [5, 5.41) is 0. The first-order chi connectivity index (χ1) is 16.8. The number of carbonyl (C=O) groups excluding carboxylic acids is 1. The second-order valence-electron chi connectivity index (χ2n) is 9.50. The molecule has 0 N–H and O–H groups in total. The fourth-order valence-electron chi connectivity index (χ4n) is 3.30. The van der Waals surface area contributed by atoms with E-state index in [-0.39, 0.29) is 0 Å². The van der Waals surface area contributed by atoms with E-state index >= 15 is 0 Å². The molecule has 1 aromatic carbocycles. The van der Waals surface area contributed by atoms with E-state index in [1.807, 2.05) is 56.0 Å². The lowest BCUT2D eigenvalue weighted by Crippen LogP contribution is -2.22. The third-order valence-corrected chi connectivity index (χ3v) is 5.28. The lowest BCUT2D eigenvalue weighted by Gasteiger charge is -2.25. The number of hydrogen-bond donors (Lipinski definition) is 0. The molecule has 0 atom stereocenters. The van der Waals surface area contributed by atoms with Gasteiger partial charge in [-0.2, -0.15) is 9.87 Å². The Kier molecular flexibility index (Phi) is 7.51. The maximum absolute atomic E-state index is 12.6. The Balaban J connectivity index is 1.66. The van der Waals surface area contributed by atoms with E-state index in [4.69, 9.17) is 24.2 Å². The zero-order chi connectivity index (χ0) is 24.8. The molecule has 184 valence electrons. The summed E-state index contributed by atoms with van der Waals surface area (Å²) in [6.45, 7) is 6.52. The Morgan fingerprint density at radius 1 is 1.11 bits per heavy atom. The summed E-state index contributed by atoms with van der Waals surface area (Å²) in [5.74, 6) is 1.68. The normalized spacial score (nSPS) is 13.3. The van der Waals surface area contributed by atoms with E-state index in [2.05, 4.69) is 4.98 Å². The summed E-state index contributed by atoms with van der Waals surface area (Å²) >= 11 is 0. The molecule has 2 aromatic heterocycles. The van der Waals surface area contributed by atoms with Crippen LogP contribution in [-0.2, 0) is 16.3 Å². The minimum atomic E-state index is -0.608. The number of aromatic nitrogens is 2. The Morgan fingerprint density at radius 2 is 1.94 bits per heavy atom. The second kappa shape index (κ2) is 10.7. The number of rotatable bonds is 10. The van der Waals surface area contributed by atoms with Gasteiger partial charge in [-0.15, -0.1) is 0 Å². The molecular weight excluding hydrogens is 446 g/mol. The topological polar surface area (TPSA) is 83.0 Å². The van der Waals surface area contributed by atoms with Crippen molar-refractivity contribution < 1.29 is 24.0 Å². The number of hydrogen-bond acceptors (Lipinski definition) is 8. The van der Waals surface area contributed by atoms with Crippen LogP contribution in [0.25, 0.3) is 0 Å². The predicted molar refractivity (Wildman–Crippen MR) is 132 cm³/mol. The zero-order valence-corrected chi connectivity index (χ0v) is 20.6. The van der Waals surface area contributed by atoms with E-state index in [1.165, 1.54) is 12.8 Å². The van der Waals surface area contributed by atoms with Crippen LogP contribution in [0.2, 0.25) is 0 Å². The van der Waals surface area contributed by atoms with Crippen molar-refractivity contribution in [2.24, 2.45) is 5.92 Å². The summed E-state index contributed by atoms with van der Waals surface area (Å²) < 4.78 is 11.5.